The summed E-state index contributed by atoms with van der Waals surface area (Å²) in [4.78, 5) is 10.8. The van der Waals surface area contributed by atoms with E-state index in [1.54, 1.807) is 0 Å². The van der Waals surface area contributed by atoms with Crippen molar-refractivity contribution in [3.8, 4) is 0 Å². The topological polar surface area (TPSA) is 37.3 Å². The van der Waals surface area contributed by atoms with Crippen molar-refractivity contribution in [2.75, 3.05) is 0 Å². The second kappa shape index (κ2) is 3.15. The molecule has 0 aliphatic carbocycles. The third-order valence-electron chi connectivity index (χ3n) is 1.19. The van der Waals surface area contributed by atoms with Crippen molar-refractivity contribution in [2.24, 2.45) is 0 Å². The minimum atomic E-state index is -0.994. The molecule has 1 aromatic carbocycles. The molecular formula is C7H5ClO2S. The van der Waals surface area contributed by atoms with E-state index in [2.05, 4.69) is 12.6 Å². The van der Waals surface area contributed by atoms with Crippen LogP contribution in [-0.2, 0) is 0 Å². The number of carbonyl (C=O) groups is 1. The highest BCUT2D eigenvalue weighted by atomic mass is 35.5. The molecule has 2 nitrogen and oxygen atoms in total. The predicted molar refractivity (Wildman–Crippen MR) is 45.7 cm³/mol. The van der Waals surface area contributed by atoms with Crippen LogP contribution in [-0.4, -0.2) is 11.1 Å². The number of hydrogen-bond acceptors (Lipinski definition) is 2. The van der Waals surface area contributed by atoms with Crippen molar-refractivity contribution in [3.05, 3.63) is 28.8 Å². The van der Waals surface area contributed by atoms with Crippen LogP contribution in [0.3, 0.4) is 0 Å². The molecule has 1 aromatic rings. The average molecular weight is 189 g/mol. The monoisotopic (exact) mass is 188 g/mol. The van der Waals surface area contributed by atoms with Crippen molar-refractivity contribution in [3.63, 3.8) is 0 Å². The molecule has 58 valence electrons. The van der Waals surface area contributed by atoms with E-state index in [1.165, 1.54) is 18.2 Å². The number of halogens is 1. The molecule has 0 aliphatic rings. The van der Waals surface area contributed by atoms with Gasteiger partial charge in [0.25, 0.3) is 0 Å². The first-order valence-corrected chi connectivity index (χ1v) is 3.65. The van der Waals surface area contributed by atoms with E-state index in [4.69, 9.17) is 16.7 Å². The van der Waals surface area contributed by atoms with E-state index >= 15 is 0 Å². The molecule has 0 atom stereocenters. The molecule has 4 heteroatoms. The quantitative estimate of drug-likeness (QED) is 0.664. The zero-order valence-corrected chi connectivity index (χ0v) is 7.06. The second-order valence-corrected chi connectivity index (χ2v) is 2.88. The summed E-state index contributed by atoms with van der Waals surface area (Å²) in [5.74, 6) is -0.994. The van der Waals surface area contributed by atoms with E-state index < -0.39 is 5.97 Å². The van der Waals surface area contributed by atoms with Crippen LogP contribution < -0.4 is 0 Å². The highest BCUT2D eigenvalue weighted by Crippen LogP contribution is 2.18. The van der Waals surface area contributed by atoms with Crippen LogP contribution in [0.15, 0.2) is 23.1 Å². The Kier molecular flexibility index (Phi) is 2.42. The lowest BCUT2D eigenvalue weighted by molar-refractivity contribution is 0.0693. The maximum atomic E-state index is 10.4. The van der Waals surface area contributed by atoms with Crippen LogP contribution in [0.1, 0.15) is 10.4 Å². The summed E-state index contributed by atoms with van der Waals surface area (Å²) in [5.41, 5.74) is 0.165. The number of aromatic carboxylic acids is 1. The van der Waals surface area contributed by atoms with Gasteiger partial charge in [0.15, 0.2) is 0 Å². The third-order valence-corrected chi connectivity index (χ3v) is 1.80. The van der Waals surface area contributed by atoms with Gasteiger partial charge in [0.1, 0.15) is 0 Å². The van der Waals surface area contributed by atoms with Crippen LogP contribution in [0.25, 0.3) is 0 Å². The van der Waals surface area contributed by atoms with Gasteiger partial charge in [0.2, 0.25) is 0 Å². The lowest BCUT2D eigenvalue weighted by atomic mass is 10.2. The number of thiol groups is 1. The lowest BCUT2D eigenvalue weighted by Gasteiger charge is -1.98. The van der Waals surface area contributed by atoms with Crippen molar-refractivity contribution in [2.45, 2.75) is 4.90 Å². The van der Waals surface area contributed by atoms with E-state index in [-0.39, 0.29) is 5.56 Å². The zero-order valence-electron chi connectivity index (χ0n) is 5.41. The van der Waals surface area contributed by atoms with E-state index in [9.17, 15) is 4.79 Å². The fourth-order valence-electron chi connectivity index (χ4n) is 0.686. The fraction of sp³-hybridized carbons (Fsp3) is 0. The van der Waals surface area contributed by atoms with Crippen molar-refractivity contribution < 1.29 is 9.90 Å². The molecule has 0 aromatic heterocycles. The Bertz CT molecular complexity index is 298. The Hall–Kier alpha value is -0.670. The van der Waals surface area contributed by atoms with Crippen LogP contribution in [0.5, 0.6) is 0 Å². The van der Waals surface area contributed by atoms with Gasteiger partial charge >= 0.3 is 5.97 Å². The van der Waals surface area contributed by atoms with Crippen molar-refractivity contribution in [1.82, 2.24) is 0 Å². The third kappa shape index (κ3) is 1.88. The average Bonchev–Trinajstić information content (AvgIpc) is 1.85. The van der Waals surface area contributed by atoms with Gasteiger partial charge in [-0.1, -0.05) is 11.6 Å². The summed E-state index contributed by atoms with van der Waals surface area (Å²) >= 11 is 9.52. The molecule has 11 heavy (non-hydrogen) atoms. The summed E-state index contributed by atoms with van der Waals surface area (Å²) in [6, 6.07) is 4.44. The Balaban J connectivity index is 3.20. The molecule has 1 rings (SSSR count). The van der Waals surface area contributed by atoms with Gasteiger partial charge in [-0.3, -0.25) is 0 Å². The van der Waals surface area contributed by atoms with Gasteiger partial charge in [-0.25, -0.2) is 4.79 Å². The van der Waals surface area contributed by atoms with Crippen LogP contribution >= 0.6 is 24.2 Å². The summed E-state index contributed by atoms with van der Waals surface area (Å²) in [6.45, 7) is 0. The molecular weight excluding hydrogens is 184 g/mol. The van der Waals surface area contributed by atoms with Gasteiger partial charge in [0, 0.05) is 9.92 Å². The van der Waals surface area contributed by atoms with Gasteiger partial charge in [-0.05, 0) is 18.2 Å². The Labute approximate surface area is 74.2 Å². The van der Waals surface area contributed by atoms with Gasteiger partial charge in [0.05, 0.1) is 5.56 Å². The number of rotatable bonds is 1. The molecule has 0 heterocycles. The van der Waals surface area contributed by atoms with Gasteiger partial charge < -0.3 is 5.11 Å². The molecule has 0 saturated carbocycles. The molecule has 0 saturated heterocycles. The lowest BCUT2D eigenvalue weighted by Crippen LogP contribution is -1.96. The zero-order chi connectivity index (χ0) is 8.43. The molecule has 0 spiro atoms. The summed E-state index contributed by atoms with van der Waals surface area (Å²) in [5, 5.41) is 9.05. The highest BCUT2D eigenvalue weighted by molar-refractivity contribution is 7.80. The van der Waals surface area contributed by atoms with Crippen LogP contribution in [0.2, 0.25) is 5.02 Å². The standard InChI is InChI=1S/C7H5ClO2S/c8-4-1-2-5(7(9)10)6(11)3-4/h1-3,11H,(H,9,10). The maximum absolute atomic E-state index is 10.4. The summed E-state index contributed by atoms with van der Waals surface area (Å²) in [6.07, 6.45) is 0. The number of carboxylic acids is 1. The SMILES string of the molecule is O=C(O)c1ccc(Cl)cc1S. The van der Waals surface area contributed by atoms with Gasteiger partial charge in [-0.2, -0.15) is 0 Å². The van der Waals surface area contributed by atoms with E-state index in [0.29, 0.717) is 9.92 Å². The molecule has 0 bridgehead atoms. The van der Waals surface area contributed by atoms with Gasteiger partial charge in [-0.15, -0.1) is 12.6 Å². The highest BCUT2D eigenvalue weighted by Gasteiger charge is 2.06. The Morgan fingerprint density at radius 2 is 2.18 bits per heavy atom. The second-order valence-electron chi connectivity index (χ2n) is 1.97. The molecule has 0 radical (unpaired) electrons. The number of carboxylic acid groups (broad SMARTS) is 1. The first-order valence-electron chi connectivity index (χ1n) is 2.83. The number of benzene rings is 1. The van der Waals surface area contributed by atoms with Crippen LogP contribution in [0, 0.1) is 0 Å². The van der Waals surface area contributed by atoms with Crippen molar-refractivity contribution in [1.29, 1.82) is 0 Å². The largest absolute Gasteiger partial charge is 0.478 e. The predicted octanol–water partition coefficient (Wildman–Crippen LogP) is 2.33. The first kappa shape index (κ1) is 8.43. The fourth-order valence-corrected chi connectivity index (χ4v) is 1.24. The Morgan fingerprint density at radius 3 is 2.64 bits per heavy atom. The van der Waals surface area contributed by atoms with E-state index in [0.717, 1.165) is 0 Å². The Morgan fingerprint density at radius 1 is 1.55 bits per heavy atom. The molecule has 0 fully saturated rings. The molecule has 0 aliphatic heterocycles. The van der Waals surface area contributed by atoms with E-state index in [1.807, 2.05) is 0 Å². The smallest absolute Gasteiger partial charge is 0.336 e. The molecule has 0 amide bonds. The minimum Gasteiger partial charge on any atom is -0.478 e. The van der Waals surface area contributed by atoms with Crippen LogP contribution in [0.4, 0.5) is 0 Å². The normalized spacial score (nSPS) is 9.64. The van der Waals surface area contributed by atoms with Crippen molar-refractivity contribution >= 4 is 30.2 Å². The minimum absolute atomic E-state index is 0.165. The number of hydrogen-bond donors (Lipinski definition) is 2. The first-order chi connectivity index (χ1) is 5.11. The molecule has 0 unspecified atom stereocenters. The summed E-state index contributed by atoms with van der Waals surface area (Å²) in [7, 11) is 0. The molecule has 1 N–H and O–H groups in total. The summed E-state index contributed by atoms with van der Waals surface area (Å²) < 4.78 is 0. The maximum Gasteiger partial charge on any atom is 0.336 e.